The number of nitrogens with one attached hydrogen (secondary N) is 1. The van der Waals surface area contributed by atoms with Crippen LogP contribution in [-0.2, 0) is 0 Å². The SMILES string of the molecule is O=C(NCC(O)C1CC1)c1cc2ccccc2o1. The molecule has 1 aromatic carbocycles. The summed E-state index contributed by atoms with van der Waals surface area (Å²) in [5, 5.41) is 13.3. The van der Waals surface area contributed by atoms with Gasteiger partial charge >= 0.3 is 0 Å². The second-order valence-corrected chi connectivity index (χ2v) is 4.76. The minimum absolute atomic E-state index is 0.272. The van der Waals surface area contributed by atoms with Gasteiger partial charge < -0.3 is 14.8 Å². The number of hydrogen-bond acceptors (Lipinski definition) is 3. The molecule has 1 atom stereocenters. The number of rotatable bonds is 4. The van der Waals surface area contributed by atoms with Crippen molar-refractivity contribution in [3.05, 3.63) is 36.1 Å². The maximum Gasteiger partial charge on any atom is 0.287 e. The highest BCUT2D eigenvalue weighted by Gasteiger charge is 2.29. The molecule has 1 heterocycles. The summed E-state index contributed by atoms with van der Waals surface area (Å²) < 4.78 is 5.44. The first-order chi connectivity index (χ1) is 8.74. The molecular formula is C14H15NO3. The van der Waals surface area contributed by atoms with Crippen LogP contribution in [-0.4, -0.2) is 23.7 Å². The van der Waals surface area contributed by atoms with Crippen LogP contribution < -0.4 is 5.32 Å². The van der Waals surface area contributed by atoms with E-state index in [2.05, 4.69) is 5.32 Å². The van der Waals surface area contributed by atoms with Gasteiger partial charge in [0.2, 0.25) is 0 Å². The van der Waals surface area contributed by atoms with Crippen LogP contribution in [0, 0.1) is 5.92 Å². The molecule has 4 heteroatoms. The fraction of sp³-hybridized carbons (Fsp3) is 0.357. The molecule has 2 aromatic rings. The maximum atomic E-state index is 11.8. The van der Waals surface area contributed by atoms with Gasteiger partial charge in [0.1, 0.15) is 5.58 Å². The van der Waals surface area contributed by atoms with E-state index in [1.807, 2.05) is 24.3 Å². The molecule has 1 aliphatic carbocycles. The molecule has 1 unspecified atom stereocenters. The Hall–Kier alpha value is -1.81. The van der Waals surface area contributed by atoms with E-state index >= 15 is 0 Å². The van der Waals surface area contributed by atoms with Crippen molar-refractivity contribution in [1.82, 2.24) is 5.32 Å². The Kier molecular flexibility index (Phi) is 2.80. The Morgan fingerprint density at radius 1 is 1.44 bits per heavy atom. The van der Waals surface area contributed by atoms with Crippen LogP contribution >= 0.6 is 0 Å². The highest BCUT2D eigenvalue weighted by atomic mass is 16.3. The molecule has 18 heavy (non-hydrogen) atoms. The first-order valence-electron chi connectivity index (χ1n) is 6.19. The number of aliphatic hydroxyl groups is 1. The number of carbonyl (C=O) groups excluding carboxylic acids is 1. The smallest absolute Gasteiger partial charge is 0.287 e. The van der Waals surface area contributed by atoms with E-state index in [0.29, 0.717) is 23.8 Å². The van der Waals surface area contributed by atoms with Crippen LogP contribution in [0.3, 0.4) is 0 Å². The summed E-state index contributed by atoms with van der Waals surface area (Å²) in [6.45, 7) is 0.292. The average molecular weight is 245 g/mol. The molecule has 0 aliphatic heterocycles. The molecule has 0 radical (unpaired) electrons. The number of aliphatic hydroxyl groups excluding tert-OH is 1. The highest BCUT2D eigenvalue weighted by molar-refractivity contribution is 5.96. The van der Waals surface area contributed by atoms with Crippen LogP contribution in [0.1, 0.15) is 23.4 Å². The Labute approximate surface area is 105 Å². The van der Waals surface area contributed by atoms with E-state index in [1.165, 1.54) is 0 Å². The van der Waals surface area contributed by atoms with Crippen LogP contribution in [0.15, 0.2) is 34.7 Å². The monoisotopic (exact) mass is 245 g/mol. The summed E-state index contributed by atoms with van der Waals surface area (Å²) in [6.07, 6.45) is 1.68. The molecule has 0 spiro atoms. The quantitative estimate of drug-likeness (QED) is 0.865. The van der Waals surface area contributed by atoms with Crippen LogP contribution in [0.5, 0.6) is 0 Å². The number of hydrogen-bond donors (Lipinski definition) is 2. The molecule has 0 saturated heterocycles. The Morgan fingerprint density at radius 2 is 2.22 bits per heavy atom. The molecule has 3 rings (SSSR count). The zero-order valence-corrected chi connectivity index (χ0v) is 9.93. The summed E-state index contributed by atoms with van der Waals surface area (Å²) in [4.78, 5) is 11.8. The number of fused-ring (bicyclic) bond motifs is 1. The minimum atomic E-state index is -0.432. The number of furan rings is 1. The van der Waals surface area contributed by atoms with E-state index in [9.17, 15) is 9.90 Å². The van der Waals surface area contributed by atoms with E-state index < -0.39 is 6.10 Å². The summed E-state index contributed by atoms with van der Waals surface area (Å²) in [7, 11) is 0. The molecule has 4 nitrogen and oxygen atoms in total. The first kappa shape index (κ1) is 11.3. The zero-order chi connectivity index (χ0) is 12.5. The van der Waals surface area contributed by atoms with E-state index in [-0.39, 0.29) is 5.91 Å². The molecule has 1 aliphatic rings. The molecular weight excluding hydrogens is 230 g/mol. The van der Waals surface area contributed by atoms with Crippen molar-refractivity contribution in [3.8, 4) is 0 Å². The van der Waals surface area contributed by atoms with Crippen molar-refractivity contribution < 1.29 is 14.3 Å². The predicted molar refractivity (Wildman–Crippen MR) is 67.3 cm³/mol. The maximum absolute atomic E-state index is 11.8. The molecule has 1 aromatic heterocycles. The van der Waals surface area contributed by atoms with Gasteiger partial charge in [-0.1, -0.05) is 18.2 Å². The molecule has 2 N–H and O–H groups in total. The van der Waals surface area contributed by atoms with Crippen LogP contribution in [0.4, 0.5) is 0 Å². The second-order valence-electron chi connectivity index (χ2n) is 4.76. The van der Waals surface area contributed by atoms with Crippen molar-refractivity contribution >= 4 is 16.9 Å². The lowest BCUT2D eigenvalue weighted by Gasteiger charge is -2.09. The zero-order valence-electron chi connectivity index (χ0n) is 9.93. The standard InChI is InChI=1S/C14H15NO3/c16-11(9-5-6-9)8-15-14(17)13-7-10-3-1-2-4-12(10)18-13/h1-4,7,9,11,16H,5-6,8H2,(H,15,17). The largest absolute Gasteiger partial charge is 0.451 e. The van der Waals surface area contributed by atoms with Gasteiger partial charge in [-0.2, -0.15) is 0 Å². The average Bonchev–Trinajstić information content (AvgIpc) is 3.14. The van der Waals surface area contributed by atoms with Crippen molar-refractivity contribution in [2.24, 2.45) is 5.92 Å². The van der Waals surface area contributed by atoms with Crippen molar-refractivity contribution in [3.63, 3.8) is 0 Å². The third kappa shape index (κ3) is 2.24. The Balaban J connectivity index is 1.67. The molecule has 1 saturated carbocycles. The van der Waals surface area contributed by atoms with Gasteiger partial charge in [-0.3, -0.25) is 4.79 Å². The first-order valence-corrected chi connectivity index (χ1v) is 6.19. The Morgan fingerprint density at radius 3 is 2.94 bits per heavy atom. The lowest BCUT2D eigenvalue weighted by Crippen LogP contribution is -2.32. The van der Waals surface area contributed by atoms with E-state index in [4.69, 9.17) is 4.42 Å². The molecule has 0 bridgehead atoms. The normalized spacial score (nSPS) is 16.7. The topological polar surface area (TPSA) is 62.5 Å². The van der Waals surface area contributed by atoms with E-state index in [0.717, 1.165) is 18.2 Å². The molecule has 1 amide bonds. The minimum Gasteiger partial charge on any atom is -0.451 e. The van der Waals surface area contributed by atoms with Gasteiger partial charge in [0.25, 0.3) is 5.91 Å². The Bertz CT molecular complexity index is 538. The van der Waals surface area contributed by atoms with Gasteiger partial charge in [-0.05, 0) is 30.9 Å². The third-order valence-corrected chi connectivity index (χ3v) is 3.29. The van der Waals surface area contributed by atoms with E-state index in [1.54, 1.807) is 6.07 Å². The predicted octanol–water partition coefficient (Wildman–Crippen LogP) is 1.93. The van der Waals surface area contributed by atoms with Gasteiger partial charge in [0.15, 0.2) is 5.76 Å². The fourth-order valence-corrected chi connectivity index (χ4v) is 2.03. The fourth-order valence-electron chi connectivity index (χ4n) is 2.03. The van der Waals surface area contributed by atoms with Crippen LogP contribution in [0.25, 0.3) is 11.0 Å². The van der Waals surface area contributed by atoms with Gasteiger partial charge in [-0.15, -0.1) is 0 Å². The summed E-state index contributed by atoms with van der Waals surface area (Å²) >= 11 is 0. The summed E-state index contributed by atoms with van der Waals surface area (Å²) in [6, 6.07) is 9.20. The van der Waals surface area contributed by atoms with Gasteiger partial charge in [0.05, 0.1) is 6.10 Å². The number of benzene rings is 1. The second kappa shape index (κ2) is 4.46. The van der Waals surface area contributed by atoms with Gasteiger partial charge in [-0.25, -0.2) is 0 Å². The summed E-state index contributed by atoms with van der Waals surface area (Å²) in [5.74, 6) is 0.381. The molecule has 1 fully saturated rings. The van der Waals surface area contributed by atoms with Crippen molar-refractivity contribution in [1.29, 1.82) is 0 Å². The number of para-hydroxylation sites is 1. The highest BCUT2D eigenvalue weighted by Crippen LogP contribution is 2.32. The third-order valence-electron chi connectivity index (χ3n) is 3.29. The number of carbonyl (C=O) groups is 1. The van der Waals surface area contributed by atoms with Gasteiger partial charge in [0, 0.05) is 11.9 Å². The molecule has 94 valence electrons. The van der Waals surface area contributed by atoms with Crippen molar-refractivity contribution in [2.45, 2.75) is 18.9 Å². The lowest BCUT2D eigenvalue weighted by molar-refractivity contribution is 0.0876. The lowest BCUT2D eigenvalue weighted by atomic mass is 10.2. The van der Waals surface area contributed by atoms with Crippen LogP contribution in [0.2, 0.25) is 0 Å². The van der Waals surface area contributed by atoms with Crippen molar-refractivity contribution in [2.75, 3.05) is 6.54 Å². The number of amides is 1. The summed E-state index contributed by atoms with van der Waals surface area (Å²) in [5.41, 5.74) is 0.699.